The second-order valence-corrected chi connectivity index (χ2v) is 8.18. The molecule has 0 aliphatic heterocycles. The van der Waals surface area contributed by atoms with Gasteiger partial charge in [-0.2, -0.15) is 5.26 Å². The first kappa shape index (κ1) is 25.4. The van der Waals surface area contributed by atoms with E-state index in [1.807, 2.05) is 26.0 Å². The molecule has 0 fully saturated rings. The Morgan fingerprint density at radius 2 is 1.66 bits per heavy atom. The van der Waals surface area contributed by atoms with E-state index in [1.54, 1.807) is 30.3 Å². The second kappa shape index (κ2) is 13.5. The summed E-state index contributed by atoms with van der Waals surface area (Å²) in [5.41, 5.74) is 1.84. The summed E-state index contributed by atoms with van der Waals surface area (Å²) in [7, 11) is 0. The zero-order chi connectivity index (χ0) is 23.3. The highest BCUT2D eigenvalue weighted by molar-refractivity contribution is 5.90. The van der Waals surface area contributed by atoms with E-state index in [9.17, 15) is 14.4 Å². The fourth-order valence-corrected chi connectivity index (χ4v) is 3.33. The fraction of sp³-hybridized carbons (Fsp3) is 0.481. The minimum atomic E-state index is -0.773. The van der Waals surface area contributed by atoms with Crippen molar-refractivity contribution >= 4 is 5.97 Å². The summed E-state index contributed by atoms with van der Waals surface area (Å²) < 4.78 is 25.4. The lowest BCUT2D eigenvalue weighted by atomic mass is 10.0. The molecule has 0 saturated heterocycles. The Balaban J connectivity index is 1.93. The molecule has 32 heavy (non-hydrogen) atoms. The molecule has 0 saturated carbocycles. The van der Waals surface area contributed by atoms with Crippen LogP contribution in [0, 0.1) is 23.1 Å². The molecule has 2 unspecified atom stereocenters. The molecule has 4 nitrogen and oxygen atoms in total. The maximum atomic E-state index is 14.5. The first-order chi connectivity index (χ1) is 15.5. The van der Waals surface area contributed by atoms with Crippen LogP contribution in [0.3, 0.4) is 0 Å². The smallest absolute Gasteiger partial charge is 0.339 e. The van der Waals surface area contributed by atoms with Crippen LogP contribution in [0.25, 0.3) is 11.1 Å². The molecule has 2 atom stereocenters. The predicted octanol–water partition coefficient (Wildman–Crippen LogP) is 7.33. The molecule has 172 valence electrons. The molecular formula is C27H34FNO3. The molecule has 0 aliphatic rings. The Morgan fingerprint density at radius 1 is 1.00 bits per heavy atom. The Hall–Kier alpha value is -2.87. The van der Waals surface area contributed by atoms with E-state index in [1.165, 1.54) is 31.7 Å². The van der Waals surface area contributed by atoms with E-state index in [0.29, 0.717) is 17.7 Å². The maximum Gasteiger partial charge on any atom is 0.339 e. The number of carbonyl (C=O) groups excluding carboxylic acids is 1. The van der Waals surface area contributed by atoms with Crippen molar-refractivity contribution in [3.63, 3.8) is 0 Å². The summed E-state index contributed by atoms with van der Waals surface area (Å²) in [5.74, 6) is -0.710. The normalized spacial score (nSPS) is 12.6. The van der Waals surface area contributed by atoms with Gasteiger partial charge in [-0.15, -0.1) is 0 Å². The van der Waals surface area contributed by atoms with Crippen LogP contribution < -0.4 is 4.74 Å². The van der Waals surface area contributed by atoms with Gasteiger partial charge in [0.25, 0.3) is 0 Å². The molecule has 0 aromatic heterocycles. The van der Waals surface area contributed by atoms with Gasteiger partial charge in [0.1, 0.15) is 6.07 Å². The molecule has 2 aromatic carbocycles. The zero-order valence-electron chi connectivity index (χ0n) is 19.4. The molecule has 0 spiro atoms. The van der Waals surface area contributed by atoms with Crippen LogP contribution in [0.2, 0.25) is 0 Å². The number of nitriles is 1. The molecule has 2 rings (SSSR count). The van der Waals surface area contributed by atoms with E-state index >= 15 is 0 Å². The van der Waals surface area contributed by atoms with Gasteiger partial charge in [0.05, 0.1) is 12.2 Å². The average Bonchev–Trinajstić information content (AvgIpc) is 2.82. The lowest BCUT2D eigenvalue weighted by Crippen LogP contribution is -2.23. The summed E-state index contributed by atoms with van der Waals surface area (Å²) in [4.78, 5) is 12.3. The van der Waals surface area contributed by atoms with Crippen LogP contribution in [0.15, 0.2) is 42.5 Å². The van der Waals surface area contributed by atoms with Crippen molar-refractivity contribution in [2.45, 2.75) is 71.8 Å². The Bertz CT molecular complexity index is 889. The fourth-order valence-electron chi connectivity index (χ4n) is 3.33. The van der Waals surface area contributed by atoms with Gasteiger partial charge in [-0.25, -0.2) is 9.18 Å². The minimum Gasteiger partial charge on any atom is -0.491 e. The Labute approximate surface area is 191 Å². The summed E-state index contributed by atoms with van der Waals surface area (Å²) in [6.45, 7) is 6.53. The van der Waals surface area contributed by atoms with E-state index < -0.39 is 17.9 Å². The van der Waals surface area contributed by atoms with Crippen LogP contribution in [0.4, 0.5) is 4.39 Å². The van der Waals surface area contributed by atoms with Crippen molar-refractivity contribution in [3.8, 4) is 22.9 Å². The third kappa shape index (κ3) is 7.67. The summed E-state index contributed by atoms with van der Waals surface area (Å²) in [6, 6.07) is 13.7. The van der Waals surface area contributed by atoms with E-state index in [-0.39, 0.29) is 11.7 Å². The van der Waals surface area contributed by atoms with Crippen molar-refractivity contribution < 1.29 is 18.7 Å². The molecule has 5 heteroatoms. The number of benzene rings is 2. The Morgan fingerprint density at radius 3 is 2.28 bits per heavy atom. The number of unbranched alkanes of at least 4 members (excludes halogenated alkanes) is 5. The van der Waals surface area contributed by atoms with Crippen LogP contribution in [0.1, 0.15) is 76.1 Å². The van der Waals surface area contributed by atoms with Crippen molar-refractivity contribution in [2.24, 2.45) is 5.92 Å². The van der Waals surface area contributed by atoms with Gasteiger partial charge in [-0.1, -0.05) is 71.1 Å². The number of carbonyl (C=O) groups is 1. The van der Waals surface area contributed by atoms with Gasteiger partial charge in [-0.05, 0) is 48.2 Å². The minimum absolute atomic E-state index is 0.0343. The van der Waals surface area contributed by atoms with E-state index in [0.717, 1.165) is 24.8 Å². The van der Waals surface area contributed by atoms with Gasteiger partial charge in [0.2, 0.25) is 0 Å². The van der Waals surface area contributed by atoms with E-state index in [2.05, 4.69) is 6.92 Å². The van der Waals surface area contributed by atoms with Gasteiger partial charge >= 0.3 is 5.97 Å². The molecule has 0 radical (unpaired) electrons. The highest BCUT2D eigenvalue weighted by Gasteiger charge is 2.20. The monoisotopic (exact) mass is 439 g/mol. The number of esters is 1. The number of hydrogen-bond acceptors (Lipinski definition) is 4. The SMILES string of the molecule is CCCCCCCCOc1ccc(-c2ccc(C(=O)OC(C#N)C(C)CC)cc2)cc1F. The van der Waals surface area contributed by atoms with Crippen molar-refractivity contribution in [2.75, 3.05) is 6.61 Å². The molecule has 0 aliphatic carbocycles. The molecule has 0 N–H and O–H groups in total. The molecule has 0 heterocycles. The lowest BCUT2D eigenvalue weighted by Gasteiger charge is -2.16. The number of nitrogens with zero attached hydrogens (tertiary/aromatic N) is 1. The van der Waals surface area contributed by atoms with Gasteiger partial charge in [-0.3, -0.25) is 0 Å². The van der Waals surface area contributed by atoms with E-state index in [4.69, 9.17) is 9.47 Å². The zero-order valence-corrected chi connectivity index (χ0v) is 19.4. The first-order valence-corrected chi connectivity index (χ1v) is 11.6. The Kier molecular flexibility index (Phi) is 10.7. The number of rotatable bonds is 13. The summed E-state index contributed by atoms with van der Waals surface area (Å²) >= 11 is 0. The third-order valence-electron chi connectivity index (χ3n) is 5.66. The molecule has 2 aromatic rings. The van der Waals surface area contributed by atoms with Crippen LogP contribution in [0.5, 0.6) is 5.75 Å². The lowest BCUT2D eigenvalue weighted by molar-refractivity contribution is 0.0305. The van der Waals surface area contributed by atoms with Crippen LogP contribution in [-0.2, 0) is 4.74 Å². The predicted molar refractivity (Wildman–Crippen MR) is 125 cm³/mol. The van der Waals surface area contributed by atoms with Crippen molar-refractivity contribution in [1.82, 2.24) is 0 Å². The standard InChI is InChI=1S/C27H34FNO3/c1-4-6-7-8-9-10-17-31-25-16-15-23(18-24(25)28)21-11-13-22(14-12-21)27(30)32-26(19-29)20(3)5-2/h11-16,18,20,26H,4-10,17H2,1-3H3. The summed E-state index contributed by atoms with van der Waals surface area (Å²) in [6.07, 6.45) is 6.91. The maximum absolute atomic E-state index is 14.5. The summed E-state index contributed by atoms with van der Waals surface area (Å²) in [5, 5.41) is 9.20. The number of hydrogen-bond donors (Lipinski definition) is 0. The quantitative estimate of drug-likeness (QED) is 0.242. The van der Waals surface area contributed by atoms with Crippen LogP contribution >= 0.6 is 0 Å². The highest BCUT2D eigenvalue weighted by Crippen LogP contribution is 2.26. The van der Waals surface area contributed by atoms with Crippen LogP contribution in [-0.4, -0.2) is 18.7 Å². The average molecular weight is 440 g/mol. The molecule has 0 bridgehead atoms. The second-order valence-electron chi connectivity index (χ2n) is 8.18. The van der Waals surface area contributed by atoms with Crippen molar-refractivity contribution in [3.05, 3.63) is 53.8 Å². The third-order valence-corrected chi connectivity index (χ3v) is 5.66. The molecular weight excluding hydrogens is 405 g/mol. The molecule has 0 amide bonds. The van der Waals surface area contributed by atoms with Gasteiger partial charge in [0, 0.05) is 5.92 Å². The van der Waals surface area contributed by atoms with Gasteiger partial charge in [0.15, 0.2) is 17.7 Å². The highest BCUT2D eigenvalue weighted by atomic mass is 19.1. The topological polar surface area (TPSA) is 59.3 Å². The first-order valence-electron chi connectivity index (χ1n) is 11.6. The van der Waals surface area contributed by atoms with Gasteiger partial charge < -0.3 is 9.47 Å². The number of ether oxygens (including phenoxy) is 2. The number of halogens is 1. The van der Waals surface area contributed by atoms with Crippen molar-refractivity contribution in [1.29, 1.82) is 5.26 Å². The largest absolute Gasteiger partial charge is 0.491 e.